The molecule has 0 saturated heterocycles. The zero-order valence-corrected chi connectivity index (χ0v) is 15.7. The van der Waals surface area contributed by atoms with Gasteiger partial charge in [-0.15, -0.1) is 0 Å². The predicted molar refractivity (Wildman–Crippen MR) is 104 cm³/mol. The fraction of sp³-hybridized carbons (Fsp3) is 0.158. The molecule has 0 amide bonds. The number of hydrogen-bond acceptors (Lipinski definition) is 5. The van der Waals surface area contributed by atoms with Gasteiger partial charge in [0.15, 0.2) is 21.5 Å². The summed E-state index contributed by atoms with van der Waals surface area (Å²) in [5.41, 5.74) is -0.308. The molecule has 0 aliphatic rings. The van der Waals surface area contributed by atoms with Crippen LogP contribution < -0.4 is 0 Å². The molecule has 0 atom stereocenters. The van der Waals surface area contributed by atoms with Gasteiger partial charge in [0.25, 0.3) is 0 Å². The van der Waals surface area contributed by atoms with Gasteiger partial charge in [-0.1, -0.05) is 18.2 Å². The van der Waals surface area contributed by atoms with Gasteiger partial charge in [-0.25, -0.2) is 22.0 Å². The van der Waals surface area contributed by atoms with Crippen LogP contribution in [0.3, 0.4) is 0 Å². The summed E-state index contributed by atoms with van der Waals surface area (Å²) in [6, 6.07) is 7.81. The number of hydrogen-bond donors (Lipinski definition) is 1. The number of sulfone groups is 1. The maximum absolute atomic E-state index is 13.6. The molecule has 0 saturated carbocycles. The van der Waals surface area contributed by atoms with Crippen molar-refractivity contribution in [2.75, 3.05) is 12.9 Å². The van der Waals surface area contributed by atoms with Crippen LogP contribution in [0.1, 0.15) is 18.1 Å². The molecule has 2 rings (SSSR count). The molecular formula is C19H17F2NaO6S. The quantitative estimate of drug-likeness (QED) is 0.324. The maximum atomic E-state index is 13.6. The number of benzene rings is 2. The van der Waals surface area contributed by atoms with Gasteiger partial charge in [0.05, 0.1) is 10.5 Å². The minimum atomic E-state index is -3.48. The zero-order valence-electron chi connectivity index (χ0n) is 14.9. The number of carboxylic acids is 1. The first-order valence-electron chi connectivity index (χ1n) is 7.86. The molecule has 10 heteroatoms. The van der Waals surface area contributed by atoms with Crippen LogP contribution in [0.2, 0.25) is 0 Å². The van der Waals surface area contributed by atoms with Crippen LogP contribution in [0, 0.1) is 11.6 Å². The van der Waals surface area contributed by atoms with Crippen LogP contribution in [-0.2, 0) is 24.2 Å². The topological polar surface area (TPSA) is 97.7 Å². The Hall–Kier alpha value is -2.07. The van der Waals surface area contributed by atoms with Gasteiger partial charge in [-0.05, 0) is 35.4 Å². The van der Waals surface area contributed by atoms with Crippen molar-refractivity contribution >= 4 is 62.5 Å². The summed E-state index contributed by atoms with van der Waals surface area (Å²) in [7, 11) is -3.48. The fourth-order valence-electron chi connectivity index (χ4n) is 2.46. The summed E-state index contributed by atoms with van der Waals surface area (Å²) in [5, 5.41) is 9.66. The number of rotatable bonds is 6. The molecule has 0 heterocycles. The number of aliphatic carboxylic acids is 1. The van der Waals surface area contributed by atoms with Gasteiger partial charge in [-0.3, -0.25) is 4.79 Å². The minimum absolute atomic E-state index is 0. The van der Waals surface area contributed by atoms with Crippen molar-refractivity contribution in [1.82, 2.24) is 0 Å². The third kappa shape index (κ3) is 6.46. The third-order valence-electron chi connectivity index (χ3n) is 3.77. The van der Waals surface area contributed by atoms with Crippen molar-refractivity contribution in [3.8, 4) is 0 Å². The monoisotopic (exact) mass is 434 g/mol. The second kappa shape index (κ2) is 10.1. The van der Waals surface area contributed by atoms with Crippen molar-refractivity contribution in [3.63, 3.8) is 0 Å². The van der Waals surface area contributed by atoms with E-state index in [1.165, 1.54) is 24.3 Å². The van der Waals surface area contributed by atoms with Crippen LogP contribution in [0.4, 0.5) is 8.78 Å². The van der Waals surface area contributed by atoms with Gasteiger partial charge >= 0.3 is 41.5 Å². The van der Waals surface area contributed by atoms with E-state index in [9.17, 15) is 31.9 Å². The third-order valence-corrected chi connectivity index (χ3v) is 4.90. The fourth-order valence-corrected chi connectivity index (χ4v) is 3.09. The Balaban J connectivity index is 0.00000420. The van der Waals surface area contributed by atoms with E-state index in [-0.39, 0.29) is 51.2 Å². The van der Waals surface area contributed by atoms with Crippen molar-refractivity contribution in [2.24, 2.45) is 0 Å². The predicted octanol–water partition coefficient (Wildman–Crippen LogP) is 2.28. The Kier molecular flexibility index (Phi) is 8.70. The summed E-state index contributed by atoms with van der Waals surface area (Å²) >= 11 is 0. The van der Waals surface area contributed by atoms with Crippen molar-refractivity contribution < 1.29 is 36.6 Å². The first kappa shape index (κ1) is 25.0. The molecule has 2 aromatic carbocycles. The molecular weight excluding hydrogens is 417 g/mol. The van der Waals surface area contributed by atoms with Gasteiger partial charge in [0, 0.05) is 18.8 Å². The molecule has 0 bridgehead atoms. The summed E-state index contributed by atoms with van der Waals surface area (Å²) in [6.07, 6.45) is 1.02. The van der Waals surface area contributed by atoms with Gasteiger partial charge < -0.3 is 9.84 Å². The van der Waals surface area contributed by atoms with Crippen molar-refractivity contribution in [3.05, 3.63) is 65.2 Å². The van der Waals surface area contributed by atoms with E-state index in [2.05, 4.69) is 0 Å². The van der Waals surface area contributed by atoms with Gasteiger partial charge in [0.1, 0.15) is 6.61 Å². The van der Waals surface area contributed by atoms with E-state index in [0.717, 1.165) is 31.4 Å². The van der Waals surface area contributed by atoms with E-state index < -0.39 is 45.6 Å². The standard InChI is InChI=1S/C19H16F2O6S.Na.H/c1-11(22)27-10-15(12-3-6-14(7-4-12)28(2,25)26)18(19(23)24)13-5-8-16(20)17(21)9-13;;/h3-9H,10H2,1-2H3,(H,23,24);;. The Bertz CT molecular complexity index is 1060. The Morgan fingerprint density at radius 2 is 1.55 bits per heavy atom. The summed E-state index contributed by atoms with van der Waals surface area (Å²) in [6.45, 7) is 0.663. The van der Waals surface area contributed by atoms with Crippen molar-refractivity contribution in [2.45, 2.75) is 11.8 Å². The van der Waals surface area contributed by atoms with E-state index in [1.54, 1.807) is 0 Å². The molecule has 1 N–H and O–H groups in total. The number of ether oxygens (including phenoxy) is 1. The molecule has 29 heavy (non-hydrogen) atoms. The van der Waals surface area contributed by atoms with Crippen LogP contribution in [0.5, 0.6) is 0 Å². The van der Waals surface area contributed by atoms with E-state index in [0.29, 0.717) is 0 Å². The second-order valence-corrected chi connectivity index (χ2v) is 7.88. The summed E-state index contributed by atoms with van der Waals surface area (Å²) in [4.78, 5) is 23.1. The normalized spacial score (nSPS) is 11.9. The molecule has 6 nitrogen and oxygen atoms in total. The van der Waals surface area contributed by atoms with Crippen LogP contribution in [-0.4, -0.2) is 67.9 Å². The summed E-state index contributed by atoms with van der Waals surface area (Å²) in [5.74, 6) is -4.52. The SMILES string of the molecule is CC(=O)OCC(=C(C(=O)O)c1ccc(F)c(F)c1)c1ccc(S(C)(=O)=O)cc1.[NaH]. The first-order chi connectivity index (χ1) is 13.0. The van der Waals surface area contributed by atoms with E-state index in [1.807, 2.05) is 0 Å². The molecule has 0 radical (unpaired) electrons. The van der Waals surface area contributed by atoms with E-state index in [4.69, 9.17) is 4.74 Å². The molecule has 2 aromatic rings. The molecule has 150 valence electrons. The molecule has 0 unspecified atom stereocenters. The number of carboxylic acid groups (broad SMARTS) is 1. The molecule has 0 aliphatic carbocycles. The zero-order chi connectivity index (χ0) is 21.1. The average molecular weight is 434 g/mol. The average Bonchev–Trinajstić information content (AvgIpc) is 2.60. The second-order valence-electron chi connectivity index (χ2n) is 5.86. The molecule has 0 fully saturated rings. The molecule has 0 aromatic heterocycles. The number of halogens is 2. The first-order valence-corrected chi connectivity index (χ1v) is 9.75. The van der Waals surface area contributed by atoms with Gasteiger partial charge in [-0.2, -0.15) is 0 Å². The number of carbonyl (C=O) groups excluding carboxylic acids is 1. The summed E-state index contributed by atoms with van der Waals surface area (Å²) < 4.78 is 55.0. The van der Waals surface area contributed by atoms with E-state index >= 15 is 0 Å². The Morgan fingerprint density at radius 1 is 1.00 bits per heavy atom. The van der Waals surface area contributed by atoms with Crippen LogP contribution in [0.25, 0.3) is 11.1 Å². The Morgan fingerprint density at radius 3 is 2.00 bits per heavy atom. The van der Waals surface area contributed by atoms with Crippen LogP contribution >= 0.6 is 0 Å². The Labute approximate surface area is 188 Å². The number of esters is 1. The number of carbonyl (C=O) groups is 2. The van der Waals surface area contributed by atoms with Crippen molar-refractivity contribution in [1.29, 1.82) is 0 Å². The molecule has 0 spiro atoms. The molecule has 0 aliphatic heterocycles. The van der Waals surface area contributed by atoms with Gasteiger partial charge in [0.2, 0.25) is 0 Å². The van der Waals surface area contributed by atoms with Crippen LogP contribution in [0.15, 0.2) is 47.4 Å².